The molecule has 1 aliphatic heterocycles. The van der Waals surface area contributed by atoms with Gasteiger partial charge in [-0.25, -0.2) is 0 Å². The van der Waals surface area contributed by atoms with Crippen LogP contribution in [0.5, 0.6) is 5.75 Å². The maximum absolute atomic E-state index is 5.66. The zero-order valence-electron chi connectivity index (χ0n) is 12.4. The van der Waals surface area contributed by atoms with Gasteiger partial charge in [-0.1, -0.05) is 6.07 Å². The van der Waals surface area contributed by atoms with E-state index < -0.39 is 5.79 Å². The van der Waals surface area contributed by atoms with Crippen molar-refractivity contribution in [1.29, 1.82) is 0 Å². The molecule has 1 unspecified atom stereocenters. The Morgan fingerprint density at radius 2 is 2.00 bits per heavy atom. The lowest BCUT2D eigenvalue weighted by molar-refractivity contribution is -0.253. The van der Waals surface area contributed by atoms with Crippen LogP contribution < -0.4 is 10.1 Å². The van der Waals surface area contributed by atoms with Gasteiger partial charge in [-0.05, 0) is 54.4 Å². The molecule has 4 nitrogen and oxygen atoms in total. The van der Waals surface area contributed by atoms with Gasteiger partial charge in [0.05, 0.1) is 30.8 Å². The minimum Gasteiger partial charge on any atom is -0.496 e. The number of rotatable bonds is 4. The average molecular weight is 344 g/mol. The number of hydrogen-bond donors (Lipinski definition) is 1. The summed E-state index contributed by atoms with van der Waals surface area (Å²) in [6.45, 7) is 7.33. The second-order valence-electron chi connectivity index (χ2n) is 5.50. The predicted molar refractivity (Wildman–Crippen MR) is 82.0 cm³/mol. The summed E-state index contributed by atoms with van der Waals surface area (Å²) in [4.78, 5) is 0. The van der Waals surface area contributed by atoms with Crippen molar-refractivity contribution in [2.24, 2.45) is 0 Å². The monoisotopic (exact) mass is 343 g/mol. The Labute approximate surface area is 128 Å². The topological polar surface area (TPSA) is 39.7 Å². The molecule has 0 aliphatic carbocycles. The molecule has 1 aromatic rings. The molecular weight excluding hydrogens is 322 g/mol. The van der Waals surface area contributed by atoms with Gasteiger partial charge < -0.3 is 19.5 Å². The average Bonchev–Trinajstić information content (AvgIpc) is 2.41. The van der Waals surface area contributed by atoms with Gasteiger partial charge in [0.25, 0.3) is 0 Å². The van der Waals surface area contributed by atoms with E-state index in [-0.39, 0.29) is 12.1 Å². The minimum atomic E-state index is -0.468. The second-order valence-corrected chi connectivity index (χ2v) is 6.36. The van der Waals surface area contributed by atoms with Gasteiger partial charge in [0, 0.05) is 6.04 Å². The van der Waals surface area contributed by atoms with E-state index in [2.05, 4.69) is 40.3 Å². The highest BCUT2D eigenvalue weighted by atomic mass is 79.9. The van der Waals surface area contributed by atoms with Crippen molar-refractivity contribution >= 4 is 15.9 Å². The quantitative estimate of drug-likeness (QED) is 0.910. The van der Waals surface area contributed by atoms with Crippen LogP contribution in [-0.2, 0) is 9.47 Å². The summed E-state index contributed by atoms with van der Waals surface area (Å²) in [6, 6.07) is 6.53. The third-order valence-electron chi connectivity index (χ3n) is 3.43. The van der Waals surface area contributed by atoms with E-state index in [4.69, 9.17) is 14.2 Å². The maximum atomic E-state index is 5.66. The van der Waals surface area contributed by atoms with E-state index in [1.54, 1.807) is 7.11 Å². The molecule has 5 heteroatoms. The predicted octanol–water partition coefficient (Wildman–Crippen LogP) is 3.26. The van der Waals surface area contributed by atoms with E-state index >= 15 is 0 Å². The molecule has 0 radical (unpaired) electrons. The molecule has 0 saturated carbocycles. The number of nitrogens with one attached hydrogen (secondary N) is 1. The van der Waals surface area contributed by atoms with Crippen LogP contribution in [0.2, 0.25) is 0 Å². The molecule has 0 spiro atoms. The Morgan fingerprint density at radius 1 is 1.35 bits per heavy atom. The number of hydrogen-bond acceptors (Lipinski definition) is 4. The minimum absolute atomic E-state index is 0.207. The van der Waals surface area contributed by atoms with Crippen molar-refractivity contribution in [3.8, 4) is 5.75 Å². The van der Waals surface area contributed by atoms with Gasteiger partial charge in [0.2, 0.25) is 0 Å². The van der Waals surface area contributed by atoms with Gasteiger partial charge in [-0.2, -0.15) is 0 Å². The molecular formula is C15H22BrNO3. The fourth-order valence-corrected chi connectivity index (χ4v) is 2.75. The summed E-state index contributed by atoms with van der Waals surface area (Å²) in [5.74, 6) is 0.372. The SMILES string of the molecule is COc1ccc(C(C)NC2COC(C)(C)OC2)cc1Br. The van der Waals surface area contributed by atoms with Crippen molar-refractivity contribution < 1.29 is 14.2 Å². The lowest BCUT2D eigenvalue weighted by atomic mass is 10.1. The largest absolute Gasteiger partial charge is 0.496 e. The first kappa shape index (κ1) is 15.8. The van der Waals surface area contributed by atoms with Crippen molar-refractivity contribution in [2.45, 2.75) is 38.6 Å². The van der Waals surface area contributed by atoms with Gasteiger partial charge in [-0.3, -0.25) is 0 Å². The molecule has 1 N–H and O–H groups in total. The standard InChI is InChI=1S/C15H22BrNO3/c1-10(11-5-6-14(18-4)13(16)7-11)17-12-8-19-15(2,3)20-9-12/h5-7,10,12,17H,8-9H2,1-4H3. The van der Waals surface area contributed by atoms with Crippen molar-refractivity contribution in [3.63, 3.8) is 0 Å². The van der Waals surface area contributed by atoms with Crippen LogP contribution in [-0.4, -0.2) is 32.2 Å². The Bertz CT molecular complexity index is 454. The zero-order chi connectivity index (χ0) is 14.8. The smallest absolute Gasteiger partial charge is 0.162 e. The van der Waals surface area contributed by atoms with Crippen LogP contribution in [0.3, 0.4) is 0 Å². The molecule has 1 fully saturated rings. The first-order valence-electron chi connectivity index (χ1n) is 6.78. The van der Waals surface area contributed by atoms with Gasteiger partial charge >= 0.3 is 0 Å². The fraction of sp³-hybridized carbons (Fsp3) is 0.600. The molecule has 1 aromatic carbocycles. The van der Waals surface area contributed by atoms with Crippen LogP contribution in [0.25, 0.3) is 0 Å². The molecule has 1 saturated heterocycles. The van der Waals surface area contributed by atoms with Gasteiger partial charge in [-0.15, -0.1) is 0 Å². The van der Waals surface area contributed by atoms with E-state index in [1.807, 2.05) is 19.9 Å². The van der Waals surface area contributed by atoms with E-state index in [1.165, 1.54) is 5.56 Å². The van der Waals surface area contributed by atoms with E-state index in [0.717, 1.165) is 10.2 Å². The molecule has 0 amide bonds. The third kappa shape index (κ3) is 3.95. The molecule has 0 bridgehead atoms. The molecule has 2 rings (SSSR count). The van der Waals surface area contributed by atoms with Crippen molar-refractivity contribution in [2.75, 3.05) is 20.3 Å². The zero-order valence-corrected chi connectivity index (χ0v) is 14.0. The highest BCUT2D eigenvalue weighted by Gasteiger charge is 2.28. The number of halogens is 1. The highest BCUT2D eigenvalue weighted by molar-refractivity contribution is 9.10. The Balaban J connectivity index is 1.95. The Morgan fingerprint density at radius 3 is 2.55 bits per heavy atom. The number of benzene rings is 1. The molecule has 1 aliphatic rings. The summed E-state index contributed by atoms with van der Waals surface area (Å²) < 4.78 is 17.5. The number of methoxy groups -OCH3 is 1. The van der Waals surface area contributed by atoms with E-state index in [9.17, 15) is 0 Å². The van der Waals surface area contributed by atoms with Crippen molar-refractivity contribution in [1.82, 2.24) is 5.32 Å². The molecule has 0 aromatic heterocycles. The molecule has 20 heavy (non-hydrogen) atoms. The van der Waals surface area contributed by atoms with Gasteiger partial charge in [0.1, 0.15) is 5.75 Å². The normalized spacial score (nSPS) is 20.6. The van der Waals surface area contributed by atoms with Crippen LogP contribution in [0.4, 0.5) is 0 Å². The second kappa shape index (κ2) is 6.43. The maximum Gasteiger partial charge on any atom is 0.162 e. The summed E-state index contributed by atoms with van der Waals surface area (Å²) in [6.07, 6.45) is 0. The summed E-state index contributed by atoms with van der Waals surface area (Å²) >= 11 is 3.51. The lowest BCUT2D eigenvalue weighted by Gasteiger charge is -2.36. The van der Waals surface area contributed by atoms with Crippen LogP contribution in [0.1, 0.15) is 32.4 Å². The van der Waals surface area contributed by atoms with Crippen LogP contribution in [0, 0.1) is 0 Å². The van der Waals surface area contributed by atoms with Crippen LogP contribution >= 0.6 is 15.9 Å². The first-order chi connectivity index (χ1) is 9.41. The third-order valence-corrected chi connectivity index (χ3v) is 4.05. The highest BCUT2D eigenvalue weighted by Crippen LogP contribution is 2.28. The number of ether oxygens (including phenoxy) is 3. The van der Waals surface area contributed by atoms with E-state index in [0.29, 0.717) is 13.2 Å². The molecule has 1 heterocycles. The fourth-order valence-electron chi connectivity index (χ4n) is 2.19. The Kier molecular flexibility index (Phi) is 5.07. The lowest BCUT2D eigenvalue weighted by Crippen LogP contribution is -2.49. The Hall–Kier alpha value is -0.620. The first-order valence-corrected chi connectivity index (χ1v) is 7.58. The van der Waals surface area contributed by atoms with Gasteiger partial charge in [0.15, 0.2) is 5.79 Å². The molecule has 112 valence electrons. The van der Waals surface area contributed by atoms with Crippen molar-refractivity contribution in [3.05, 3.63) is 28.2 Å². The summed E-state index contributed by atoms with van der Waals surface area (Å²) in [7, 11) is 1.67. The summed E-state index contributed by atoms with van der Waals surface area (Å²) in [5, 5.41) is 3.53. The summed E-state index contributed by atoms with van der Waals surface area (Å²) in [5.41, 5.74) is 1.20. The molecule has 1 atom stereocenters. The van der Waals surface area contributed by atoms with Crippen LogP contribution in [0.15, 0.2) is 22.7 Å².